The van der Waals surface area contributed by atoms with E-state index in [4.69, 9.17) is 4.74 Å². The predicted octanol–water partition coefficient (Wildman–Crippen LogP) is 4.34. The second-order valence-corrected chi connectivity index (χ2v) is 6.34. The van der Waals surface area contributed by atoms with Crippen LogP contribution in [-0.2, 0) is 13.0 Å². The first-order valence-electron chi connectivity index (χ1n) is 6.91. The maximum Gasteiger partial charge on any atom is 0.147 e. The summed E-state index contributed by atoms with van der Waals surface area (Å²) in [4.78, 5) is 4.10. The Morgan fingerprint density at radius 2 is 1.95 bits per heavy atom. The molecule has 0 unspecified atom stereocenters. The van der Waals surface area contributed by atoms with Crippen molar-refractivity contribution in [1.82, 2.24) is 10.3 Å². The molecule has 0 fully saturated rings. The van der Waals surface area contributed by atoms with Crippen LogP contribution < -0.4 is 10.1 Å². The molecule has 0 saturated heterocycles. The predicted molar refractivity (Wildman–Crippen MR) is 92.7 cm³/mol. The molecule has 21 heavy (non-hydrogen) atoms. The van der Waals surface area contributed by atoms with Gasteiger partial charge in [-0.25, -0.2) is 0 Å². The quantitative estimate of drug-likeness (QED) is 0.733. The van der Waals surface area contributed by atoms with Gasteiger partial charge >= 0.3 is 0 Å². The first-order valence-corrected chi connectivity index (χ1v) is 8.49. The standard InChI is InChI=1S/C16H18Br2N2O/c1-2-19-11-13-8-14(17)16(15(18)9-13)21-7-5-12-4-3-6-20-10-12/h3-4,6,8-10,19H,2,5,7,11H2,1H3. The third-order valence-electron chi connectivity index (χ3n) is 3.00. The lowest BCUT2D eigenvalue weighted by atomic mass is 10.2. The molecule has 0 aliphatic heterocycles. The Balaban J connectivity index is 1.96. The van der Waals surface area contributed by atoms with Crippen molar-refractivity contribution in [3.8, 4) is 5.75 Å². The lowest BCUT2D eigenvalue weighted by Gasteiger charge is -2.12. The summed E-state index contributed by atoms with van der Waals surface area (Å²) < 4.78 is 7.83. The highest BCUT2D eigenvalue weighted by Crippen LogP contribution is 2.34. The van der Waals surface area contributed by atoms with Crippen LogP contribution in [0.15, 0.2) is 45.6 Å². The van der Waals surface area contributed by atoms with Crippen LogP contribution in [0.4, 0.5) is 0 Å². The molecule has 0 aliphatic rings. The van der Waals surface area contributed by atoms with Gasteiger partial charge in [0.25, 0.3) is 0 Å². The number of hydrogen-bond donors (Lipinski definition) is 1. The number of pyridine rings is 1. The van der Waals surface area contributed by atoms with Gasteiger partial charge in [-0.1, -0.05) is 13.0 Å². The Bertz CT molecular complexity index is 553. The molecule has 1 heterocycles. The zero-order chi connectivity index (χ0) is 15.1. The third kappa shape index (κ3) is 5.09. The normalized spacial score (nSPS) is 10.6. The summed E-state index contributed by atoms with van der Waals surface area (Å²) in [5.74, 6) is 0.846. The number of nitrogens with one attached hydrogen (secondary N) is 1. The molecule has 0 amide bonds. The van der Waals surface area contributed by atoms with Crippen molar-refractivity contribution in [2.24, 2.45) is 0 Å². The average Bonchev–Trinajstić information content (AvgIpc) is 2.49. The summed E-state index contributed by atoms with van der Waals surface area (Å²) in [6, 6.07) is 8.18. The number of benzene rings is 1. The van der Waals surface area contributed by atoms with Crippen molar-refractivity contribution in [1.29, 1.82) is 0 Å². The average molecular weight is 414 g/mol. The van der Waals surface area contributed by atoms with Gasteiger partial charge in [-0.3, -0.25) is 4.98 Å². The van der Waals surface area contributed by atoms with Gasteiger partial charge in [0.2, 0.25) is 0 Å². The van der Waals surface area contributed by atoms with Gasteiger partial charge in [-0.15, -0.1) is 0 Å². The summed E-state index contributed by atoms with van der Waals surface area (Å²) in [5, 5.41) is 3.31. The molecule has 1 aromatic heterocycles. The van der Waals surface area contributed by atoms with Crippen molar-refractivity contribution in [3.63, 3.8) is 0 Å². The first kappa shape index (κ1) is 16.5. The molecule has 0 saturated carbocycles. The second-order valence-electron chi connectivity index (χ2n) is 4.63. The summed E-state index contributed by atoms with van der Waals surface area (Å²) in [6.07, 6.45) is 4.49. The first-order chi connectivity index (χ1) is 10.2. The summed E-state index contributed by atoms with van der Waals surface area (Å²) in [7, 11) is 0. The molecule has 5 heteroatoms. The Morgan fingerprint density at radius 3 is 2.57 bits per heavy atom. The minimum absolute atomic E-state index is 0.620. The lowest BCUT2D eigenvalue weighted by molar-refractivity contribution is 0.317. The van der Waals surface area contributed by atoms with E-state index in [1.807, 2.05) is 12.3 Å². The van der Waals surface area contributed by atoms with Crippen LogP contribution in [0.25, 0.3) is 0 Å². The minimum atomic E-state index is 0.620. The highest BCUT2D eigenvalue weighted by molar-refractivity contribution is 9.11. The molecule has 112 valence electrons. The molecule has 0 radical (unpaired) electrons. The van der Waals surface area contributed by atoms with E-state index in [-0.39, 0.29) is 0 Å². The van der Waals surface area contributed by atoms with Crippen LogP contribution >= 0.6 is 31.9 Å². The van der Waals surface area contributed by atoms with Crippen LogP contribution in [0.5, 0.6) is 5.75 Å². The van der Waals surface area contributed by atoms with E-state index in [1.165, 1.54) is 11.1 Å². The maximum absolute atomic E-state index is 5.89. The molecular formula is C16H18Br2N2O. The van der Waals surface area contributed by atoms with E-state index in [9.17, 15) is 0 Å². The fourth-order valence-electron chi connectivity index (χ4n) is 1.94. The van der Waals surface area contributed by atoms with Crippen molar-refractivity contribution in [3.05, 3.63) is 56.7 Å². The van der Waals surface area contributed by atoms with Crippen LogP contribution in [0.2, 0.25) is 0 Å². The topological polar surface area (TPSA) is 34.1 Å². The molecule has 0 spiro atoms. The van der Waals surface area contributed by atoms with Crippen molar-refractivity contribution >= 4 is 31.9 Å². The Labute approximate surface area is 142 Å². The van der Waals surface area contributed by atoms with Gasteiger partial charge in [0.1, 0.15) is 5.75 Å². The molecule has 1 N–H and O–H groups in total. The van der Waals surface area contributed by atoms with Crippen molar-refractivity contribution in [2.45, 2.75) is 19.9 Å². The number of rotatable bonds is 7. The van der Waals surface area contributed by atoms with E-state index in [1.54, 1.807) is 6.20 Å². The fraction of sp³-hybridized carbons (Fsp3) is 0.312. The van der Waals surface area contributed by atoms with E-state index in [0.29, 0.717) is 6.61 Å². The van der Waals surface area contributed by atoms with Crippen molar-refractivity contribution in [2.75, 3.05) is 13.2 Å². The monoisotopic (exact) mass is 412 g/mol. The smallest absolute Gasteiger partial charge is 0.147 e. The van der Waals surface area contributed by atoms with Gasteiger partial charge in [0, 0.05) is 25.4 Å². The zero-order valence-corrected chi connectivity index (χ0v) is 15.1. The summed E-state index contributed by atoms with van der Waals surface area (Å²) in [6.45, 7) is 4.53. The van der Waals surface area contributed by atoms with E-state index in [0.717, 1.165) is 34.2 Å². The van der Waals surface area contributed by atoms with Crippen molar-refractivity contribution < 1.29 is 4.74 Å². The minimum Gasteiger partial charge on any atom is -0.491 e. The Kier molecular flexibility index (Phi) is 6.67. The van der Waals surface area contributed by atoms with E-state index in [2.05, 4.69) is 67.3 Å². The van der Waals surface area contributed by atoms with Gasteiger partial charge < -0.3 is 10.1 Å². The third-order valence-corrected chi connectivity index (χ3v) is 4.18. The highest BCUT2D eigenvalue weighted by atomic mass is 79.9. The van der Waals surface area contributed by atoms with Crippen LogP contribution in [-0.4, -0.2) is 18.1 Å². The second kappa shape index (κ2) is 8.51. The maximum atomic E-state index is 5.89. The SMILES string of the molecule is CCNCc1cc(Br)c(OCCc2cccnc2)c(Br)c1. The molecule has 1 aromatic carbocycles. The summed E-state index contributed by atoms with van der Waals surface area (Å²) >= 11 is 7.16. The number of ether oxygens (including phenoxy) is 1. The molecule has 2 aromatic rings. The van der Waals surface area contributed by atoms with E-state index >= 15 is 0 Å². The highest BCUT2D eigenvalue weighted by Gasteiger charge is 2.09. The van der Waals surface area contributed by atoms with Gasteiger partial charge in [0.15, 0.2) is 0 Å². The fourth-order valence-corrected chi connectivity index (χ4v) is 3.45. The lowest BCUT2D eigenvalue weighted by Crippen LogP contribution is -2.12. The van der Waals surface area contributed by atoms with Gasteiger partial charge in [-0.2, -0.15) is 0 Å². The molecular weight excluding hydrogens is 396 g/mol. The van der Waals surface area contributed by atoms with Crippen LogP contribution in [0.1, 0.15) is 18.1 Å². The van der Waals surface area contributed by atoms with E-state index < -0.39 is 0 Å². The van der Waals surface area contributed by atoms with Crippen LogP contribution in [0.3, 0.4) is 0 Å². The molecule has 0 aliphatic carbocycles. The number of hydrogen-bond acceptors (Lipinski definition) is 3. The number of aromatic nitrogens is 1. The number of nitrogens with zero attached hydrogens (tertiary/aromatic N) is 1. The largest absolute Gasteiger partial charge is 0.491 e. The molecule has 2 rings (SSSR count). The van der Waals surface area contributed by atoms with Gasteiger partial charge in [-0.05, 0) is 67.7 Å². The van der Waals surface area contributed by atoms with Gasteiger partial charge in [0.05, 0.1) is 15.6 Å². The van der Waals surface area contributed by atoms with Crippen LogP contribution in [0, 0.1) is 0 Å². The zero-order valence-electron chi connectivity index (χ0n) is 11.9. The molecule has 3 nitrogen and oxygen atoms in total. The Hall–Kier alpha value is -0.910. The molecule has 0 atom stereocenters. The Morgan fingerprint density at radius 1 is 1.19 bits per heavy atom. The molecule has 0 bridgehead atoms. The number of halogens is 2. The summed E-state index contributed by atoms with van der Waals surface area (Å²) in [5.41, 5.74) is 2.39.